The number of hydrogen-bond donors (Lipinski definition) is 1. The van der Waals surface area contributed by atoms with Crippen LogP contribution in [0.1, 0.15) is 19.8 Å². The molecule has 2 aliphatic heterocycles. The van der Waals surface area contributed by atoms with Crippen LogP contribution in [-0.2, 0) is 14.3 Å². The van der Waals surface area contributed by atoms with Gasteiger partial charge in [-0.3, -0.25) is 14.5 Å². The number of amides is 2. The molecular weight excluding hydrogens is 413 g/mol. The molecule has 27 heavy (non-hydrogen) atoms. The Morgan fingerprint density at radius 1 is 1.11 bits per heavy atom. The fraction of sp³-hybridized carbons (Fsp3) is 0.556. The molecule has 0 aromatic heterocycles. The molecule has 1 N–H and O–H groups in total. The van der Waals surface area contributed by atoms with Gasteiger partial charge in [0.05, 0.1) is 26.8 Å². The Balaban J connectivity index is 1.54. The van der Waals surface area contributed by atoms with E-state index in [4.69, 9.17) is 39.5 Å². The monoisotopic (exact) mass is 433 g/mol. The standard InChI is InChI=1S/C18H22Cl3N3O3/c1-11(17(25)22-15-10-13(20)12(19)9-14(15)21)23-4-6-24(7-5-23)18(26)16-3-2-8-27-16/h9-11,16H,2-8H2,1H3,(H,22,25). The first-order valence-electron chi connectivity index (χ1n) is 8.96. The SMILES string of the molecule is CC(C(=O)Nc1cc(Cl)c(Cl)cc1Cl)N1CCN(C(=O)C2CCCO2)CC1. The molecule has 2 saturated heterocycles. The van der Waals surface area contributed by atoms with Gasteiger partial charge in [0.15, 0.2) is 0 Å². The first-order chi connectivity index (χ1) is 12.9. The van der Waals surface area contributed by atoms with Crippen molar-refractivity contribution in [1.29, 1.82) is 0 Å². The Morgan fingerprint density at radius 2 is 1.78 bits per heavy atom. The second-order valence-corrected chi connectivity index (χ2v) is 8.00. The highest BCUT2D eigenvalue weighted by atomic mass is 35.5. The number of nitrogens with one attached hydrogen (secondary N) is 1. The van der Waals surface area contributed by atoms with Gasteiger partial charge in [0, 0.05) is 32.8 Å². The van der Waals surface area contributed by atoms with Gasteiger partial charge in [-0.1, -0.05) is 34.8 Å². The molecule has 0 spiro atoms. The summed E-state index contributed by atoms with van der Waals surface area (Å²) in [5.74, 6) is -0.124. The molecule has 2 unspecified atom stereocenters. The minimum atomic E-state index is -0.365. The van der Waals surface area contributed by atoms with E-state index in [0.29, 0.717) is 53.5 Å². The van der Waals surface area contributed by atoms with E-state index in [2.05, 4.69) is 5.32 Å². The third kappa shape index (κ3) is 4.87. The number of halogens is 3. The van der Waals surface area contributed by atoms with Crippen LogP contribution >= 0.6 is 34.8 Å². The zero-order valence-corrected chi connectivity index (χ0v) is 17.3. The second-order valence-electron chi connectivity index (χ2n) is 6.77. The molecule has 0 radical (unpaired) electrons. The summed E-state index contributed by atoms with van der Waals surface area (Å²) in [6, 6.07) is 2.67. The van der Waals surface area contributed by atoms with Crippen molar-refractivity contribution < 1.29 is 14.3 Å². The maximum absolute atomic E-state index is 12.6. The summed E-state index contributed by atoms with van der Waals surface area (Å²) in [5.41, 5.74) is 0.426. The van der Waals surface area contributed by atoms with Crippen LogP contribution in [0.4, 0.5) is 5.69 Å². The van der Waals surface area contributed by atoms with Gasteiger partial charge in [0.2, 0.25) is 5.91 Å². The lowest BCUT2D eigenvalue weighted by Gasteiger charge is -2.38. The number of carbonyl (C=O) groups is 2. The zero-order chi connectivity index (χ0) is 19.6. The highest BCUT2D eigenvalue weighted by molar-refractivity contribution is 6.44. The first kappa shape index (κ1) is 20.7. The summed E-state index contributed by atoms with van der Waals surface area (Å²) in [4.78, 5) is 28.9. The van der Waals surface area contributed by atoms with Crippen molar-refractivity contribution in [3.05, 3.63) is 27.2 Å². The van der Waals surface area contributed by atoms with Crippen molar-refractivity contribution in [2.75, 3.05) is 38.1 Å². The first-order valence-corrected chi connectivity index (χ1v) is 10.1. The number of benzene rings is 1. The molecule has 3 rings (SSSR count). The number of ether oxygens (including phenoxy) is 1. The Labute approximate surface area is 173 Å². The fourth-order valence-electron chi connectivity index (χ4n) is 3.33. The van der Waals surface area contributed by atoms with Gasteiger partial charge in [0.1, 0.15) is 6.10 Å². The summed E-state index contributed by atoms with van der Waals surface area (Å²) in [6.07, 6.45) is 1.43. The van der Waals surface area contributed by atoms with Crippen LogP contribution in [-0.4, -0.2) is 66.5 Å². The van der Waals surface area contributed by atoms with Crippen LogP contribution in [0.25, 0.3) is 0 Å². The van der Waals surface area contributed by atoms with Gasteiger partial charge in [-0.05, 0) is 31.9 Å². The number of carbonyl (C=O) groups excluding carboxylic acids is 2. The average Bonchev–Trinajstić information content (AvgIpc) is 3.19. The lowest BCUT2D eigenvalue weighted by molar-refractivity contribution is -0.143. The van der Waals surface area contributed by atoms with E-state index in [1.807, 2.05) is 16.7 Å². The molecule has 2 amide bonds. The van der Waals surface area contributed by atoms with Crippen LogP contribution < -0.4 is 5.32 Å². The van der Waals surface area contributed by atoms with E-state index in [9.17, 15) is 9.59 Å². The molecule has 2 atom stereocenters. The molecule has 2 heterocycles. The van der Waals surface area contributed by atoms with Crippen molar-refractivity contribution in [2.24, 2.45) is 0 Å². The Hall–Kier alpha value is -1.05. The Morgan fingerprint density at radius 3 is 2.41 bits per heavy atom. The molecular formula is C18H22Cl3N3O3. The highest BCUT2D eigenvalue weighted by Crippen LogP contribution is 2.32. The zero-order valence-electron chi connectivity index (χ0n) is 15.0. The molecule has 0 bridgehead atoms. The van der Waals surface area contributed by atoms with Crippen LogP contribution in [0.2, 0.25) is 15.1 Å². The van der Waals surface area contributed by atoms with E-state index < -0.39 is 0 Å². The number of nitrogens with zero attached hydrogens (tertiary/aromatic N) is 2. The van der Waals surface area contributed by atoms with Crippen LogP contribution in [0, 0.1) is 0 Å². The topological polar surface area (TPSA) is 61.9 Å². The minimum Gasteiger partial charge on any atom is -0.368 e. The van der Waals surface area contributed by atoms with Crippen LogP contribution in [0.15, 0.2) is 12.1 Å². The third-order valence-corrected chi connectivity index (χ3v) is 6.06. The Bertz CT molecular complexity index is 717. The van der Waals surface area contributed by atoms with Crippen molar-refractivity contribution in [1.82, 2.24) is 9.80 Å². The second kappa shape index (κ2) is 8.97. The molecule has 2 aliphatic rings. The molecule has 1 aromatic rings. The lowest BCUT2D eigenvalue weighted by Crippen LogP contribution is -2.55. The summed E-state index contributed by atoms with van der Waals surface area (Å²) in [7, 11) is 0. The Kier molecular flexibility index (Phi) is 6.87. The smallest absolute Gasteiger partial charge is 0.251 e. The van der Waals surface area contributed by atoms with Crippen LogP contribution in [0.3, 0.4) is 0 Å². The van der Waals surface area contributed by atoms with Gasteiger partial charge >= 0.3 is 0 Å². The molecule has 0 aliphatic carbocycles. The number of anilines is 1. The van der Waals surface area contributed by atoms with Crippen molar-refractivity contribution in [2.45, 2.75) is 31.9 Å². The summed E-state index contributed by atoms with van der Waals surface area (Å²) in [5, 5.41) is 3.79. The fourth-order valence-corrected chi connectivity index (χ4v) is 3.92. The van der Waals surface area contributed by atoms with Crippen LogP contribution in [0.5, 0.6) is 0 Å². The van der Waals surface area contributed by atoms with Crippen molar-refractivity contribution >= 4 is 52.3 Å². The third-order valence-electron chi connectivity index (χ3n) is 5.03. The van der Waals surface area contributed by atoms with Crippen molar-refractivity contribution in [3.63, 3.8) is 0 Å². The van der Waals surface area contributed by atoms with Crippen molar-refractivity contribution in [3.8, 4) is 0 Å². The maximum Gasteiger partial charge on any atom is 0.251 e. The quantitative estimate of drug-likeness (QED) is 0.739. The minimum absolute atomic E-state index is 0.0619. The number of rotatable bonds is 4. The lowest BCUT2D eigenvalue weighted by atomic mass is 10.1. The normalized spacial score (nSPS) is 21.9. The highest BCUT2D eigenvalue weighted by Gasteiger charge is 2.32. The predicted molar refractivity (Wildman–Crippen MR) is 107 cm³/mol. The number of hydrogen-bond acceptors (Lipinski definition) is 4. The number of piperazine rings is 1. The molecule has 0 saturated carbocycles. The maximum atomic E-state index is 12.6. The molecule has 6 nitrogen and oxygen atoms in total. The van der Waals surface area contributed by atoms with Gasteiger partial charge in [-0.2, -0.15) is 0 Å². The van der Waals surface area contributed by atoms with Gasteiger partial charge in [-0.25, -0.2) is 0 Å². The van der Waals surface area contributed by atoms with E-state index in [1.165, 1.54) is 12.1 Å². The average molecular weight is 435 g/mol. The molecule has 2 fully saturated rings. The molecule has 148 valence electrons. The van der Waals surface area contributed by atoms with Gasteiger partial charge < -0.3 is 15.0 Å². The van der Waals surface area contributed by atoms with E-state index in [-0.39, 0.29) is 24.0 Å². The van der Waals surface area contributed by atoms with E-state index in [0.717, 1.165) is 12.8 Å². The van der Waals surface area contributed by atoms with E-state index >= 15 is 0 Å². The summed E-state index contributed by atoms with van der Waals surface area (Å²) in [6.45, 7) is 4.92. The van der Waals surface area contributed by atoms with Gasteiger partial charge in [-0.15, -0.1) is 0 Å². The van der Waals surface area contributed by atoms with Gasteiger partial charge in [0.25, 0.3) is 5.91 Å². The largest absolute Gasteiger partial charge is 0.368 e. The molecule has 1 aromatic carbocycles. The molecule has 9 heteroatoms. The van der Waals surface area contributed by atoms with E-state index in [1.54, 1.807) is 0 Å². The predicted octanol–water partition coefficient (Wildman–Crippen LogP) is 3.30. The summed E-state index contributed by atoms with van der Waals surface area (Å²) < 4.78 is 5.47. The summed E-state index contributed by atoms with van der Waals surface area (Å²) >= 11 is 18.0.